The van der Waals surface area contributed by atoms with Crippen LogP contribution in [0.2, 0.25) is 0 Å². The number of hydrogen-bond acceptors (Lipinski definition) is 5. The number of aliphatic hydroxyl groups excluding tert-OH is 1. The Morgan fingerprint density at radius 3 is 3.00 bits per heavy atom. The lowest BCUT2D eigenvalue weighted by Crippen LogP contribution is -2.33. The molecule has 0 aliphatic rings. The van der Waals surface area contributed by atoms with E-state index in [1.54, 1.807) is 24.2 Å². The number of likely N-dealkylation sites (N-methyl/N-ethyl adjacent to an activating group) is 1. The highest BCUT2D eigenvalue weighted by Gasteiger charge is 2.14. The normalized spacial score (nSPS) is 12.2. The summed E-state index contributed by atoms with van der Waals surface area (Å²) in [5.41, 5.74) is 6.22. The smallest absolute Gasteiger partial charge is 0.252 e. The summed E-state index contributed by atoms with van der Waals surface area (Å²) in [5, 5.41) is 9.61. The van der Waals surface area contributed by atoms with E-state index in [0.717, 1.165) is 0 Å². The zero-order chi connectivity index (χ0) is 12.8. The number of nitrogens with two attached hydrogens (primary N) is 1. The maximum Gasteiger partial charge on any atom is 0.252 e. The first kappa shape index (κ1) is 13.4. The van der Waals surface area contributed by atoms with Crippen molar-refractivity contribution in [1.82, 2.24) is 4.98 Å². The number of nitrogens with zero attached hydrogens (tertiary/aromatic N) is 2. The standard InChI is InChI=1S/C11H17N3O3/c1-14(6-8(15)7-17-2)10-3-4-13-5-9(10)11(12)16/h3-5,8,15H,6-7H2,1-2H3,(H2,12,16). The van der Waals surface area contributed by atoms with Crippen LogP contribution < -0.4 is 10.6 Å². The van der Waals surface area contributed by atoms with Crippen molar-refractivity contribution in [3.8, 4) is 0 Å². The fourth-order valence-corrected chi connectivity index (χ4v) is 1.57. The molecule has 1 rings (SSSR count). The van der Waals surface area contributed by atoms with Crippen LogP contribution in [0.15, 0.2) is 18.5 Å². The van der Waals surface area contributed by atoms with E-state index in [1.165, 1.54) is 13.3 Å². The van der Waals surface area contributed by atoms with E-state index in [2.05, 4.69) is 4.98 Å². The van der Waals surface area contributed by atoms with Crippen molar-refractivity contribution >= 4 is 11.6 Å². The second-order valence-corrected chi connectivity index (χ2v) is 3.75. The lowest BCUT2D eigenvalue weighted by Gasteiger charge is -2.23. The molecule has 0 radical (unpaired) electrons. The van der Waals surface area contributed by atoms with Gasteiger partial charge in [0.05, 0.1) is 24.0 Å². The zero-order valence-corrected chi connectivity index (χ0v) is 9.96. The van der Waals surface area contributed by atoms with Crippen LogP contribution in [0, 0.1) is 0 Å². The van der Waals surface area contributed by atoms with Gasteiger partial charge in [-0.15, -0.1) is 0 Å². The van der Waals surface area contributed by atoms with Gasteiger partial charge < -0.3 is 20.5 Å². The van der Waals surface area contributed by atoms with E-state index in [-0.39, 0.29) is 6.61 Å². The number of rotatable bonds is 6. The minimum absolute atomic E-state index is 0.237. The molecular weight excluding hydrogens is 222 g/mol. The third-order valence-corrected chi connectivity index (χ3v) is 2.32. The monoisotopic (exact) mass is 239 g/mol. The van der Waals surface area contributed by atoms with Crippen LogP contribution in [0.25, 0.3) is 0 Å². The highest BCUT2D eigenvalue weighted by molar-refractivity contribution is 5.98. The van der Waals surface area contributed by atoms with Gasteiger partial charge >= 0.3 is 0 Å². The first-order chi connectivity index (χ1) is 8.06. The number of hydrogen-bond donors (Lipinski definition) is 2. The number of aliphatic hydroxyl groups is 1. The number of amides is 1. The van der Waals surface area contributed by atoms with Crippen LogP contribution in [0.3, 0.4) is 0 Å². The van der Waals surface area contributed by atoms with E-state index in [9.17, 15) is 9.90 Å². The van der Waals surface area contributed by atoms with Gasteiger partial charge in [0.2, 0.25) is 0 Å². The van der Waals surface area contributed by atoms with E-state index >= 15 is 0 Å². The summed E-state index contributed by atoms with van der Waals surface area (Å²) < 4.78 is 4.84. The second kappa shape index (κ2) is 6.17. The van der Waals surface area contributed by atoms with Gasteiger partial charge in [0.25, 0.3) is 5.91 Å². The van der Waals surface area contributed by atoms with E-state index < -0.39 is 12.0 Å². The Hall–Kier alpha value is -1.66. The zero-order valence-electron chi connectivity index (χ0n) is 9.96. The van der Waals surface area contributed by atoms with Crippen molar-refractivity contribution in [2.24, 2.45) is 5.73 Å². The molecule has 0 fully saturated rings. The molecule has 6 nitrogen and oxygen atoms in total. The molecule has 1 aromatic rings. The molecule has 1 aromatic heterocycles. The van der Waals surface area contributed by atoms with Gasteiger partial charge in [-0.05, 0) is 6.07 Å². The van der Waals surface area contributed by atoms with Crippen LogP contribution in [-0.2, 0) is 4.74 Å². The van der Waals surface area contributed by atoms with Gasteiger partial charge in [0.15, 0.2) is 0 Å². The number of pyridine rings is 1. The lowest BCUT2D eigenvalue weighted by atomic mass is 10.2. The lowest BCUT2D eigenvalue weighted by molar-refractivity contribution is 0.0694. The van der Waals surface area contributed by atoms with Gasteiger partial charge in [0, 0.05) is 33.1 Å². The first-order valence-electron chi connectivity index (χ1n) is 5.18. The second-order valence-electron chi connectivity index (χ2n) is 3.75. The van der Waals surface area contributed by atoms with E-state index in [0.29, 0.717) is 17.8 Å². The summed E-state index contributed by atoms with van der Waals surface area (Å²) >= 11 is 0. The van der Waals surface area contributed by atoms with Gasteiger partial charge in [0.1, 0.15) is 0 Å². The van der Waals surface area contributed by atoms with Crippen LogP contribution in [-0.4, -0.2) is 49.4 Å². The molecule has 0 spiro atoms. The molecule has 1 heterocycles. The maximum atomic E-state index is 11.2. The molecule has 0 aliphatic heterocycles. The highest BCUT2D eigenvalue weighted by Crippen LogP contribution is 2.17. The van der Waals surface area contributed by atoms with Crippen molar-refractivity contribution in [3.63, 3.8) is 0 Å². The number of methoxy groups -OCH3 is 1. The van der Waals surface area contributed by atoms with E-state index in [1.807, 2.05) is 0 Å². The summed E-state index contributed by atoms with van der Waals surface area (Å²) in [6.07, 6.45) is 2.36. The predicted molar refractivity (Wildman–Crippen MR) is 63.9 cm³/mol. The summed E-state index contributed by atoms with van der Waals surface area (Å²) in [6.45, 7) is 0.583. The van der Waals surface area contributed by atoms with Crippen molar-refractivity contribution in [2.75, 3.05) is 32.2 Å². The SMILES string of the molecule is COCC(O)CN(C)c1ccncc1C(N)=O. The number of carbonyl (C=O) groups excluding carboxylic acids is 1. The average Bonchev–Trinajstić information content (AvgIpc) is 2.29. The fourth-order valence-electron chi connectivity index (χ4n) is 1.57. The minimum Gasteiger partial charge on any atom is -0.389 e. The number of ether oxygens (including phenoxy) is 1. The molecule has 1 amide bonds. The van der Waals surface area contributed by atoms with Gasteiger partial charge in [-0.2, -0.15) is 0 Å². The third kappa shape index (κ3) is 3.69. The summed E-state index contributed by atoms with van der Waals surface area (Å²) in [5.74, 6) is -0.541. The van der Waals surface area contributed by atoms with Crippen molar-refractivity contribution in [2.45, 2.75) is 6.10 Å². The number of primary amides is 1. The third-order valence-electron chi connectivity index (χ3n) is 2.32. The van der Waals surface area contributed by atoms with E-state index in [4.69, 9.17) is 10.5 Å². The molecule has 0 aliphatic carbocycles. The fraction of sp³-hybridized carbons (Fsp3) is 0.455. The van der Waals surface area contributed by atoms with Crippen molar-refractivity contribution in [1.29, 1.82) is 0 Å². The quantitative estimate of drug-likeness (QED) is 0.706. The minimum atomic E-state index is -0.626. The van der Waals surface area contributed by atoms with Gasteiger partial charge in [-0.25, -0.2) is 0 Å². The first-order valence-corrected chi connectivity index (χ1v) is 5.18. The average molecular weight is 239 g/mol. The Bertz CT molecular complexity index is 384. The Balaban J connectivity index is 2.81. The largest absolute Gasteiger partial charge is 0.389 e. The van der Waals surface area contributed by atoms with Gasteiger partial charge in [-0.1, -0.05) is 0 Å². The molecule has 1 unspecified atom stereocenters. The molecule has 3 N–H and O–H groups in total. The van der Waals surface area contributed by atoms with Crippen LogP contribution >= 0.6 is 0 Å². The Labute approximate surface area is 100 Å². The van der Waals surface area contributed by atoms with Gasteiger partial charge in [-0.3, -0.25) is 9.78 Å². The summed E-state index contributed by atoms with van der Waals surface area (Å²) in [7, 11) is 3.28. The Morgan fingerprint density at radius 2 is 2.41 bits per heavy atom. The Morgan fingerprint density at radius 1 is 1.71 bits per heavy atom. The number of carbonyl (C=O) groups is 1. The number of anilines is 1. The summed E-state index contributed by atoms with van der Waals surface area (Å²) in [6, 6.07) is 1.68. The molecule has 0 saturated heterocycles. The Kier molecular flexibility index (Phi) is 4.86. The highest BCUT2D eigenvalue weighted by atomic mass is 16.5. The molecule has 0 aromatic carbocycles. The predicted octanol–water partition coefficient (Wildman–Crippen LogP) is -0.376. The molecular formula is C11H17N3O3. The molecule has 17 heavy (non-hydrogen) atoms. The van der Waals surface area contributed by atoms with Crippen LogP contribution in [0.4, 0.5) is 5.69 Å². The van der Waals surface area contributed by atoms with Crippen molar-refractivity contribution in [3.05, 3.63) is 24.0 Å². The van der Waals surface area contributed by atoms with Crippen LogP contribution in [0.1, 0.15) is 10.4 Å². The van der Waals surface area contributed by atoms with Crippen LogP contribution in [0.5, 0.6) is 0 Å². The molecule has 0 saturated carbocycles. The maximum absolute atomic E-state index is 11.2. The number of aromatic nitrogens is 1. The summed E-state index contributed by atoms with van der Waals surface area (Å²) in [4.78, 5) is 16.8. The molecule has 6 heteroatoms. The van der Waals surface area contributed by atoms with Crippen molar-refractivity contribution < 1.29 is 14.6 Å². The topological polar surface area (TPSA) is 88.7 Å². The molecule has 94 valence electrons. The molecule has 1 atom stereocenters. The molecule has 0 bridgehead atoms.